The third-order valence-corrected chi connectivity index (χ3v) is 4.27. The molecule has 2 rings (SSSR count). The fourth-order valence-corrected chi connectivity index (χ4v) is 3.10. The van der Waals surface area contributed by atoms with E-state index in [4.69, 9.17) is 23.2 Å². The molecular weight excluding hydrogens is 313 g/mol. The Morgan fingerprint density at radius 3 is 2.70 bits per heavy atom. The van der Waals surface area contributed by atoms with Crippen molar-refractivity contribution in [3.8, 4) is 0 Å². The van der Waals surface area contributed by atoms with E-state index < -0.39 is 0 Å². The van der Waals surface area contributed by atoms with Crippen molar-refractivity contribution in [3.05, 3.63) is 52.3 Å². The zero-order valence-electron chi connectivity index (χ0n) is 10.9. The third kappa shape index (κ3) is 5.19. The Balaban J connectivity index is 1.62. The van der Waals surface area contributed by atoms with Crippen LogP contribution in [0.1, 0.15) is 12.0 Å². The van der Waals surface area contributed by atoms with Crippen LogP contribution in [0.3, 0.4) is 0 Å². The van der Waals surface area contributed by atoms with Crippen molar-refractivity contribution in [2.45, 2.75) is 12.2 Å². The highest BCUT2D eigenvalue weighted by molar-refractivity contribution is 7.98. The molecule has 0 amide bonds. The van der Waals surface area contributed by atoms with Crippen LogP contribution in [0.5, 0.6) is 0 Å². The van der Waals surface area contributed by atoms with E-state index in [0.29, 0.717) is 11.0 Å². The van der Waals surface area contributed by atoms with E-state index in [9.17, 15) is 0 Å². The minimum atomic E-state index is 0.677. The van der Waals surface area contributed by atoms with Crippen molar-refractivity contribution in [1.29, 1.82) is 0 Å². The Morgan fingerprint density at radius 2 is 1.95 bits per heavy atom. The van der Waals surface area contributed by atoms with Crippen molar-refractivity contribution in [2.75, 3.05) is 17.6 Å². The summed E-state index contributed by atoms with van der Waals surface area (Å²) in [5.41, 5.74) is 1.13. The second-order valence-electron chi connectivity index (χ2n) is 4.14. The predicted octanol–water partition coefficient (Wildman–Crippen LogP) is 4.52. The van der Waals surface area contributed by atoms with E-state index in [1.54, 1.807) is 24.5 Å². The topological polar surface area (TPSA) is 37.8 Å². The highest BCUT2D eigenvalue weighted by Gasteiger charge is 2.01. The van der Waals surface area contributed by atoms with E-state index in [0.717, 1.165) is 35.1 Å². The Bertz CT molecular complexity index is 537. The molecule has 0 aliphatic rings. The van der Waals surface area contributed by atoms with Crippen LogP contribution in [0.4, 0.5) is 5.95 Å². The van der Waals surface area contributed by atoms with E-state index in [1.807, 2.05) is 23.9 Å². The van der Waals surface area contributed by atoms with Gasteiger partial charge in [-0.1, -0.05) is 29.3 Å². The molecule has 0 bridgehead atoms. The lowest BCUT2D eigenvalue weighted by Crippen LogP contribution is -2.05. The third-order valence-electron chi connectivity index (χ3n) is 2.59. The standard InChI is InChI=1S/C14H15Cl2N3S/c15-12-4-3-11(13(16)9-12)10-20-8-2-7-19-14-17-5-1-6-18-14/h1,3-6,9H,2,7-8,10H2,(H,17,18,19). The first-order valence-corrected chi connectivity index (χ1v) is 8.19. The summed E-state index contributed by atoms with van der Waals surface area (Å²) in [5.74, 6) is 2.63. The van der Waals surface area contributed by atoms with Crippen molar-refractivity contribution in [1.82, 2.24) is 9.97 Å². The van der Waals surface area contributed by atoms with Crippen LogP contribution in [0.15, 0.2) is 36.7 Å². The van der Waals surface area contributed by atoms with Gasteiger partial charge in [0.05, 0.1) is 0 Å². The summed E-state index contributed by atoms with van der Waals surface area (Å²) in [4.78, 5) is 8.21. The highest BCUT2D eigenvalue weighted by atomic mass is 35.5. The van der Waals surface area contributed by atoms with Crippen LogP contribution in [-0.4, -0.2) is 22.3 Å². The summed E-state index contributed by atoms with van der Waals surface area (Å²) < 4.78 is 0. The molecule has 0 saturated carbocycles. The number of hydrogen-bond acceptors (Lipinski definition) is 4. The second-order valence-corrected chi connectivity index (χ2v) is 6.09. The Labute approximate surface area is 133 Å². The van der Waals surface area contributed by atoms with E-state index in [-0.39, 0.29) is 0 Å². The highest BCUT2D eigenvalue weighted by Crippen LogP contribution is 2.24. The molecule has 20 heavy (non-hydrogen) atoms. The quantitative estimate of drug-likeness (QED) is 0.759. The van der Waals surface area contributed by atoms with Crippen LogP contribution in [0.2, 0.25) is 10.0 Å². The molecule has 3 nitrogen and oxygen atoms in total. The van der Waals surface area contributed by atoms with E-state index in [2.05, 4.69) is 15.3 Å². The zero-order valence-corrected chi connectivity index (χ0v) is 13.2. The molecule has 0 fully saturated rings. The molecule has 2 aromatic rings. The molecule has 0 saturated heterocycles. The number of nitrogens with zero attached hydrogens (tertiary/aromatic N) is 2. The number of benzene rings is 1. The van der Waals surface area contributed by atoms with Crippen molar-refractivity contribution >= 4 is 40.9 Å². The number of aromatic nitrogens is 2. The Morgan fingerprint density at radius 1 is 1.15 bits per heavy atom. The average molecular weight is 328 g/mol. The molecule has 1 aromatic carbocycles. The van der Waals surface area contributed by atoms with Crippen LogP contribution >= 0.6 is 35.0 Å². The van der Waals surface area contributed by atoms with Crippen molar-refractivity contribution < 1.29 is 0 Å². The SMILES string of the molecule is Clc1ccc(CSCCCNc2ncccn2)c(Cl)c1. The van der Waals surface area contributed by atoms with E-state index >= 15 is 0 Å². The van der Waals surface area contributed by atoms with Crippen LogP contribution < -0.4 is 5.32 Å². The van der Waals surface area contributed by atoms with Gasteiger partial charge in [0.1, 0.15) is 0 Å². The molecule has 0 unspecified atom stereocenters. The average Bonchev–Trinajstić information content (AvgIpc) is 2.46. The maximum Gasteiger partial charge on any atom is 0.222 e. The van der Waals surface area contributed by atoms with Gasteiger partial charge in [0, 0.05) is 34.7 Å². The summed E-state index contributed by atoms with van der Waals surface area (Å²) in [5, 5.41) is 4.60. The smallest absolute Gasteiger partial charge is 0.222 e. The molecule has 0 atom stereocenters. The first-order chi connectivity index (χ1) is 9.75. The van der Waals surface area contributed by atoms with E-state index in [1.165, 1.54) is 0 Å². The minimum absolute atomic E-state index is 0.677. The van der Waals surface area contributed by atoms with Gasteiger partial charge in [-0.15, -0.1) is 0 Å². The molecular formula is C14H15Cl2N3S. The summed E-state index contributed by atoms with van der Waals surface area (Å²) >= 11 is 13.8. The number of rotatable bonds is 7. The minimum Gasteiger partial charge on any atom is -0.354 e. The van der Waals surface area contributed by atoms with Gasteiger partial charge in [0.25, 0.3) is 0 Å². The second kappa shape index (κ2) is 8.35. The van der Waals surface area contributed by atoms with Gasteiger partial charge in [-0.05, 0) is 35.9 Å². The number of thioether (sulfide) groups is 1. The molecule has 106 valence electrons. The van der Waals surface area contributed by atoms with Gasteiger partial charge in [0.2, 0.25) is 5.95 Å². The molecule has 1 aromatic heterocycles. The fourth-order valence-electron chi connectivity index (χ4n) is 1.59. The van der Waals surface area contributed by atoms with Gasteiger partial charge < -0.3 is 5.32 Å². The molecule has 0 aliphatic heterocycles. The zero-order chi connectivity index (χ0) is 14.2. The monoisotopic (exact) mass is 327 g/mol. The maximum absolute atomic E-state index is 6.12. The Kier molecular flexibility index (Phi) is 6.43. The van der Waals surface area contributed by atoms with Crippen LogP contribution in [0, 0.1) is 0 Å². The normalized spacial score (nSPS) is 10.5. The summed E-state index contributed by atoms with van der Waals surface area (Å²) in [6, 6.07) is 7.44. The first-order valence-electron chi connectivity index (χ1n) is 6.28. The first kappa shape index (κ1) is 15.4. The van der Waals surface area contributed by atoms with Gasteiger partial charge in [-0.25, -0.2) is 9.97 Å². The van der Waals surface area contributed by atoms with Gasteiger partial charge in [-0.3, -0.25) is 0 Å². The molecule has 1 heterocycles. The van der Waals surface area contributed by atoms with Crippen LogP contribution in [0.25, 0.3) is 0 Å². The van der Waals surface area contributed by atoms with Gasteiger partial charge in [0.15, 0.2) is 0 Å². The predicted molar refractivity (Wildman–Crippen MR) is 87.8 cm³/mol. The molecule has 0 radical (unpaired) electrons. The molecule has 1 N–H and O–H groups in total. The number of hydrogen-bond donors (Lipinski definition) is 1. The largest absolute Gasteiger partial charge is 0.354 e. The lowest BCUT2D eigenvalue weighted by Gasteiger charge is -2.06. The van der Waals surface area contributed by atoms with Crippen LogP contribution in [-0.2, 0) is 5.75 Å². The Hall–Kier alpha value is -0.970. The van der Waals surface area contributed by atoms with Crippen molar-refractivity contribution in [2.24, 2.45) is 0 Å². The maximum atomic E-state index is 6.12. The summed E-state index contributed by atoms with van der Waals surface area (Å²) in [6.45, 7) is 0.866. The fraction of sp³-hybridized carbons (Fsp3) is 0.286. The number of halogens is 2. The number of anilines is 1. The molecule has 6 heteroatoms. The lowest BCUT2D eigenvalue weighted by atomic mass is 10.2. The number of nitrogens with one attached hydrogen (secondary N) is 1. The lowest BCUT2D eigenvalue weighted by molar-refractivity contribution is 0.961. The summed E-state index contributed by atoms with van der Waals surface area (Å²) in [7, 11) is 0. The molecule has 0 spiro atoms. The van der Waals surface area contributed by atoms with Crippen molar-refractivity contribution in [3.63, 3.8) is 0 Å². The molecule has 0 aliphatic carbocycles. The van der Waals surface area contributed by atoms with Gasteiger partial charge in [-0.2, -0.15) is 11.8 Å². The summed E-state index contributed by atoms with van der Waals surface area (Å²) in [6.07, 6.45) is 4.51. The van der Waals surface area contributed by atoms with Gasteiger partial charge >= 0.3 is 0 Å².